The van der Waals surface area contributed by atoms with E-state index in [0.29, 0.717) is 12.1 Å². The minimum absolute atomic E-state index is 0.0209. The summed E-state index contributed by atoms with van der Waals surface area (Å²) in [5.74, 6) is 5.27. The van der Waals surface area contributed by atoms with Gasteiger partial charge in [-0.15, -0.1) is 0 Å². The van der Waals surface area contributed by atoms with Crippen LogP contribution < -0.4 is 0 Å². The van der Waals surface area contributed by atoms with Crippen molar-refractivity contribution in [1.82, 2.24) is 0 Å². The molecule has 1 heterocycles. The molecule has 0 unspecified atom stereocenters. The van der Waals surface area contributed by atoms with Gasteiger partial charge >= 0.3 is 0 Å². The van der Waals surface area contributed by atoms with E-state index in [-0.39, 0.29) is 23.7 Å². The average molecular weight is 379 g/mol. The number of carbonyl (C=O) groups excluding carboxylic acids is 2. The predicted molar refractivity (Wildman–Crippen MR) is 117 cm³/mol. The fraction of sp³-hybridized carbons (Fsp3) is 0.192. The van der Waals surface area contributed by atoms with Gasteiger partial charge in [-0.1, -0.05) is 60.0 Å². The molecule has 1 aliphatic rings. The molecule has 0 saturated carbocycles. The summed E-state index contributed by atoms with van der Waals surface area (Å²) in [5.41, 5.74) is 4.17. The molecule has 0 spiro atoms. The van der Waals surface area contributed by atoms with Crippen LogP contribution in [0, 0.1) is 18.8 Å². The van der Waals surface area contributed by atoms with Crippen molar-refractivity contribution < 1.29 is 9.59 Å². The van der Waals surface area contributed by atoms with Gasteiger partial charge in [-0.2, -0.15) is 0 Å². The van der Waals surface area contributed by atoms with E-state index in [1.807, 2.05) is 42.5 Å². The van der Waals surface area contributed by atoms with Crippen LogP contribution in [0.4, 0.5) is 5.69 Å². The minimum Gasteiger partial charge on any atom is -0.299 e. The van der Waals surface area contributed by atoms with Crippen molar-refractivity contribution in [3.8, 4) is 11.8 Å². The molecule has 0 aliphatic carbocycles. The first kappa shape index (κ1) is 18.8. The summed E-state index contributed by atoms with van der Waals surface area (Å²) in [5, 5.41) is 1.95. The normalized spacial score (nSPS) is 12.6. The van der Waals surface area contributed by atoms with Gasteiger partial charge in [0.15, 0.2) is 0 Å². The lowest BCUT2D eigenvalue weighted by molar-refractivity contribution is -0.118. The lowest BCUT2D eigenvalue weighted by Crippen LogP contribution is -2.17. The molecule has 3 heteroatoms. The summed E-state index contributed by atoms with van der Waals surface area (Å²) in [6.45, 7) is 2.06. The summed E-state index contributed by atoms with van der Waals surface area (Å²) in [6.07, 6.45) is 2.06. The van der Waals surface area contributed by atoms with Crippen LogP contribution in [-0.4, -0.2) is 17.3 Å². The molecule has 29 heavy (non-hydrogen) atoms. The second kappa shape index (κ2) is 8.24. The van der Waals surface area contributed by atoms with Crippen LogP contribution in [0.25, 0.3) is 10.8 Å². The molecule has 0 amide bonds. The average Bonchev–Trinajstić information content (AvgIpc) is 2.70. The van der Waals surface area contributed by atoms with Crippen molar-refractivity contribution in [1.29, 1.82) is 0 Å². The smallest absolute Gasteiger partial charge is 0.250 e. The zero-order chi connectivity index (χ0) is 20.2. The van der Waals surface area contributed by atoms with Gasteiger partial charge in [0.05, 0.1) is 12.1 Å². The highest BCUT2D eigenvalue weighted by atomic mass is 16.1. The molecule has 0 bridgehead atoms. The molecular weight excluding hydrogens is 358 g/mol. The van der Waals surface area contributed by atoms with E-state index < -0.39 is 0 Å². The van der Waals surface area contributed by atoms with Gasteiger partial charge in [0.1, 0.15) is 11.5 Å². The lowest BCUT2D eigenvalue weighted by atomic mass is 9.99. The van der Waals surface area contributed by atoms with Gasteiger partial charge in [-0.3, -0.25) is 9.59 Å². The van der Waals surface area contributed by atoms with Crippen LogP contribution >= 0.6 is 0 Å². The molecule has 1 aliphatic heterocycles. The summed E-state index contributed by atoms with van der Waals surface area (Å²) in [7, 11) is 0. The number of ketones is 2. The van der Waals surface area contributed by atoms with Crippen LogP contribution in [0.3, 0.4) is 0 Å². The Morgan fingerprint density at radius 3 is 2.62 bits per heavy atom. The monoisotopic (exact) mass is 379 g/mol. The highest BCUT2D eigenvalue weighted by Gasteiger charge is 2.17. The Morgan fingerprint density at radius 2 is 1.79 bits per heavy atom. The van der Waals surface area contributed by atoms with E-state index in [1.54, 1.807) is 0 Å². The van der Waals surface area contributed by atoms with Crippen molar-refractivity contribution in [3.63, 3.8) is 0 Å². The standard InChI is InChI=1S/C26H21NO2/c1-18-6-2-7-19(16-18)8-3-12-22(28)17-24-25(29)15-14-21-10-4-9-20-11-5-13-23(27-24)26(20)21/h2,4-7,9-11,13,16H,3,8,12,17H2,1H3. The predicted octanol–water partition coefficient (Wildman–Crippen LogP) is 5.14. The van der Waals surface area contributed by atoms with E-state index >= 15 is 0 Å². The van der Waals surface area contributed by atoms with Crippen molar-refractivity contribution in [2.75, 3.05) is 0 Å². The number of hydrogen-bond acceptors (Lipinski definition) is 3. The van der Waals surface area contributed by atoms with Crippen LogP contribution in [0.2, 0.25) is 0 Å². The second-order valence-electron chi connectivity index (χ2n) is 7.38. The topological polar surface area (TPSA) is 46.5 Å². The van der Waals surface area contributed by atoms with Gasteiger partial charge < -0.3 is 0 Å². The summed E-state index contributed by atoms with van der Waals surface area (Å²) in [4.78, 5) is 29.6. The van der Waals surface area contributed by atoms with Crippen molar-refractivity contribution in [2.24, 2.45) is 4.99 Å². The summed E-state index contributed by atoms with van der Waals surface area (Å²) < 4.78 is 0. The van der Waals surface area contributed by atoms with Gasteiger partial charge in [0.2, 0.25) is 0 Å². The number of benzene rings is 3. The molecule has 3 aromatic rings. The Morgan fingerprint density at radius 1 is 1.00 bits per heavy atom. The number of aliphatic imine (C=N–C) groups is 1. The zero-order valence-electron chi connectivity index (χ0n) is 16.4. The maximum atomic E-state index is 12.5. The number of Topliss-reactive ketones (excluding diaryl/α,β-unsaturated/α-hetero) is 2. The maximum absolute atomic E-state index is 12.5. The number of hydrogen-bond donors (Lipinski definition) is 0. The van der Waals surface area contributed by atoms with Crippen molar-refractivity contribution >= 4 is 33.7 Å². The quantitative estimate of drug-likeness (QED) is 0.557. The Hall–Kier alpha value is -3.51. The molecule has 0 aromatic heterocycles. The van der Waals surface area contributed by atoms with Gasteiger partial charge in [0, 0.05) is 17.4 Å². The van der Waals surface area contributed by atoms with E-state index in [2.05, 4.69) is 42.0 Å². The number of nitrogens with zero attached hydrogens (tertiary/aromatic N) is 1. The first-order chi connectivity index (χ1) is 14.1. The number of aryl methyl sites for hydroxylation is 2. The first-order valence-corrected chi connectivity index (χ1v) is 9.83. The molecule has 3 aromatic carbocycles. The minimum atomic E-state index is -0.372. The first-order valence-electron chi connectivity index (χ1n) is 9.83. The Bertz CT molecular complexity index is 1200. The van der Waals surface area contributed by atoms with E-state index in [9.17, 15) is 9.59 Å². The Balaban J connectivity index is 1.50. The Kier molecular flexibility index (Phi) is 5.35. The van der Waals surface area contributed by atoms with Crippen LogP contribution in [-0.2, 0) is 16.0 Å². The van der Waals surface area contributed by atoms with Crippen LogP contribution in [0.5, 0.6) is 0 Å². The fourth-order valence-electron chi connectivity index (χ4n) is 3.66. The molecule has 142 valence electrons. The van der Waals surface area contributed by atoms with E-state index in [1.165, 1.54) is 11.1 Å². The Labute approximate surface area is 170 Å². The molecule has 4 rings (SSSR count). The summed E-state index contributed by atoms with van der Waals surface area (Å²) in [6, 6.07) is 19.9. The maximum Gasteiger partial charge on any atom is 0.250 e. The SMILES string of the molecule is Cc1cccc(CCCC(=O)CC2=Nc3cccc4cccc(c34)C#CC2=O)c1. The number of rotatable bonds is 6. The van der Waals surface area contributed by atoms with Gasteiger partial charge in [-0.05, 0) is 48.8 Å². The highest BCUT2D eigenvalue weighted by molar-refractivity contribution is 6.49. The highest BCUT2D eigenvalue weighted by Crippen LogP contribution is 2.30. The van der Waals surface area contributed by atoms with Crippen LogP contribution in [0.1, 0.15) is 36.0 Å². The zero-order valence-corrected chi connectivity index (χ0v) is 16.4. The third-order valence-corrected chi connectivity index (χ3v) is 5.08. The van der Waals surface area contributed by atoms with E-state index in [4.69, 9.17) is 0 Å². The van der Waals surface area contributed by atoms with E-state index in [0.717, 1.165) is 29.2 Å². The second-order valence-corrected chi connectivity index (χ2v) is 7.38. The molecule has 0 atom stereocenters. The van der Waals surface area contributed by atoms with Crippen molar-refractivity contribution in [2.45, 2.75) is 32.6 Å². The number of carbonyl (C=O) groups is 2. The molecule has 0 fully saturated rings. The van der Waals surface area contributed by atoms with Crippen LogP contribution in [0.15, 0.2) is 65.7 Å². The third-order valence-electron chi connectivity index (χ3n) is 5.08. The van der Waals surface area contributed by atoms with Gasteiger partial charge in [0.25, 0.3) is 5.78 Å². The summed E-state index contributed by atoms with van der Waals surface area (Å²) >= 11 is 0. The molecule has 0 saturated heterocycles. The molecule has 0 N–H and O–H groups in total. The van der Waals surface area contributed by atoms with Crippen molar-refractivity contribution in [3.05, 3.63) is 77.4 Å². The van der Waals surface area contributed by atoms with Gasteiger partial charge in [-0.25, -0.2) is 4.99 Å². The molecule has 3 nitrogen and oxygen atoms in total. The fourth-order valence-corrected chi connectivity index (χ4v) is 3.66. The molecule has 0 radical (unpaired) electrons. The largest absolute Gasteiger partial charge is 0.299 e. The lowest BCUT2D eigenvalue weighted by Gasteiger charge is -2.09. The molecular formula is C26H21NO2. The third kappa shape index (κ3) is 4.33.